The molecule has 0 radical (unpaired) electrons. The zero-order valence-corrected chi connectivity index (χ0v) is 17.7. The molecule has 3 aliphatic heterocycles. The van der Waals surface area contributed by atoms with Crippen molar-refractivity contribution in [2.24, 2.45) is 11.8 Å². The monoisotopic (exact) mass is 434 g/mol. The van der Waals surface area contributed by atoms with Crippen molar-refractivity contribution in [3.63, 3.8) is 0 Å². The number of ether oxygens (including phenoxy) is 1. The summed E-state index contributed by atoms with van der Waals surface area (Å²) in [7, 11) is 0. The highest BCUT2D eigenvalue weighted by Crippen LogP contribution is 2.49. The smallest absolute Gasteiger partial charge is 0.290 e. The molecule has 2 aromatic rings. The van der Waals surface area contributed by atoms with Crippen LogP contribution in [0.2, 0.25) is 5.02 Å². The largest absolute Gasteiger partial charge is 0.483 e. The van der Waals surface area contributed by atoms with Gasteiger partial charge in [-0.1, -0.05) is 11.6 Å². The molecule has 0 aromatic carbocycles. The van der Waals surface area contributed by atoms with Crippen molar-refractivity contribution < 1.29 is 19.4 Å². The van der Waals surface area contributed by atoms with Crippen LogP contribution in [0.5, 0.6) is 0 Å². The third-order valence-electron chi connectivity index (χ3n) is 6.63. The summed E-state index contributed by atoms with van der Waals surface area (Å²) in [6, 6.07) is 4.86. The first-order valence-corrected chi connectivity index (χ1v) is 10.8. The maximum atomic E-state index is 13.0. The summed E-state index contributed by atoms with van der Waals surface area (Å²) in [5.74, 6) is 1.24. The number of hydrogen-bond donors (Lipinski definition) is 1. The first-order valence-electron chi connectivity index (χ1n) is 10.4. The molecule has 1 amide bonds. The summed E-state index contributed by atoms with van der Waals surface area (Å²) in [4.78, 5) is 30.6. The molecule has 2 bridgehead atoms. The highest BCUT2D eigenvalue weighted by molar-refractivity contribution is 6.30. The molecule has 4 atom stereocenters. The fraction of sp³-hybridized carbons (Fsp3) is 0.571. The van der Waals surface area contributed by atoms with Crippen molar-refractivity contribution in [3.8, 4) is 0 Å². The molecule has 0 unspecified atom stereocenters. The van der Waals surface area contributed by atoms with E-state index in [1.54, 1.807) is 18.5 Å². The van der Waals surface area contributed by atoms with Gasteiger partial charge in [0.2, 0.25) is 0 Å². The quantitative estimate of drug-likeness (QED) is 0.573. The van der Waals surface area contributed by atoms with E-state index in [1.807, 2.05) is 22.3 Å². The van der Waals surface area contributed by atoms with Gasteiger partial charge in [0.25, 0.3) is 12.4 Å². The van der Waals surface area contributed by atoms with E-state index in [1.165, 1.54) is 12.8 Å². The summed E-state index contributed by atoms with van der Waals surface area (Å²) < 4.78 is 7.40. The molecule has 0 aliphatic carbocycles. The van der Waals surface area contributed by atoms with E-state index >= 15 is 0 Å². The van der Waals surface area contributed by atoms with Crippen LogP contribution < -0.4 is 0 Å². The number of fused-ring (bicyclic) bond motifs is 6. The maximum Gasteiger partial charge on any atom is 0.290 e. The molecule has 0 spiro atoms. The number of imidazole rings is 1. The van der Waals surface area contributed by atoms with E-state index in [2.05, 4.69) is 9.88 Å². The summed E-state index contributed by atoms with van der Waals surface area (Å²) >= 11 is 6.04. The first-order chi connectivity index (χ1) is 14.6. The minimum absolute atomic E-state index is 0.0458. The van der Waals surface area contributed by atoms with Crippen molar-refractivity contribution in [2.75, 3.05) is 32.8 Å². The number of pyridine rings is 1. The zero-order chi connectivity index (χ0) is 21.3. The molecule has 5 heterocycles. The van der Waals surface area contributed by atoms with Crippen LogP contribution in [0, 0.1) is 11.8 Å². The molecule has 9 heteroatoms. The molecule has 5 rings (SSSR count). The number of halogens is 1. The minimum atomic E-state index is -0.250. The van der Waals surface area contributed by atoms with Crippen LogP contribution in [0.4, 0.5) is 0 Å². The Morgan fingerprint density at radius 2 is 1.93 bits per heavy atom. The predicted octanol–water partition coefficient (Wildman–Crippen LogP) is 2.26. The summed E-state index contributed by atoms with van der Waals surface area (Å²) in [5.41, 5.74) is 1.27. The van der Waals surface area contributed by atoms with Gasteiger partial charge in [0, 0.05) is 50.7 Å². The Morgan fingerprint density at radius 1 is 1.27 bits per heavy atom. The predicted molar refractivity (Wildman–Crippen MR) is 112 cm³/mol. The summed E-state index contributed by atoms with van der Waals surface area (Å²) in [5, 5.41) is 7.53. The third-order valence-corrected chi connectivity index (χ3v) is 6.85. The molecule has 30 heavy (non-hydrogen) atoms. The Labute approximate surface area is 180 Å². The molecule has 3 aliphatic rings. The number of carbonyl (C=O) groups is 2. The van der Waals surface area contributed by atoms with Crippen LogP contribution in [0.3, 0.4) is 0 Å². The Bertz CT molecular complexity index is 900. The molecule has 0 saturated carbocycles. The van der Waals surface area contributed by atoms with Crippen LogP contribution in [0.1, 0.15) is 30.3 Å². The summed E-state index contributed by atoms with van der Waals surface area (Å²) in [6.07, 6.45) is 6.09. The molecule has 3 fully saturated rings. The fourth-order valence-corrected chi connectivity index (χ4v) is 5.72. The molecule has 8 nitrogen and oxygen atoms in total. The normalized spacial score (nSPS) is 27.2. The lowest BCUT2D eigenvalue weighted by molar-refractivity contribution is -0.122. The van der Waals surface area contributed by atoms with E-state index in [0.717, 1.165) is 38.5 Å². The van der Waals surface area contributed by atoms with Crippen molar-refractivity contribution in [1.82, 2.24) is 19.2 Å². The third kappa shape index (κ3) is 3.79. The SMILES string of the molecule is CCOCCN1[C@@H]2CC[C@H]1[C@H]1CN(C(=O)c3cn4cc(Cl)ccc4n3)C[C@H]12.O=CO. The number of carbonyl (C=O) groups excluding carboxylic acids is 1. The Hall–Kier alpha value is -2.16. The van der Waals surface area contributed by atoms with Gasteiger partial charge >= 0.3 is 0 Å². The van der Waals surface area contributed by atoms with Gasteiger partial charge in [-0.2, -0.15) is 0 Å². The molecular formula is C21H27ClN4O4. The molecular weight excluding hydrogens is 408 g/mol. The minimum Gasteiger partial charge on any atom is -0.483 e. The van der Waals surface area contributed by atoms with Gasteiger partial charge in [0.15, 0.2) is 0 Å². The average molecular weight is 435 g/mol. The lowest BCUT2D eigenvalue weighted by Gasteiger charge is -2.26. The fourth-order valence-electron chi connectivity index (χ4n) is 5.55. The van der Waals surface area contributed by atoms with Gasteiger partial charge in [0.05, 0.1) is 11.6 Å². The first kappa shape index (κ1) is 21.1. The Kier molecular flexibility index (Phi) is 6.26. The highest BCUT2D eigenvalue weighted by Gasteiger charge is 2.56. The van der Waals surface area contributed by atoms with Crippen LogP contribution in [-0.4, -0.2) is 81.6 Å². The van der Waals surface area contributed by atoms with Gasteiger partial charge in [-0.15, -0.1) is 0 Å². The molecule has 162 valence electrons. The number of nitrogens with zero attached hydrogens (tertiary/aromatic N) is 4. The van der Waals surface area contributed by atoms with Gasteiger partial charge in [-0.05, 0) is 43.7 Å². The van der Waals surface area contributed by atoms with E-state index in [4.69, 9.17) is 26.2 Å². The lowest BCUT2D eigenvalue weighted by atomic mass is 9.82. The van der Waals surface area contributed by atoms with Crippen LogP contribution in [-0.2, 0) is 9.53 Å². The zero-order valence-electron chi connectivity index (χ0n) is 17.0. The van der Waals surface area contributed by atoms with Crippen LogP contribution >= 0.6 is 11.6 Å². The average Bonchev–Trinajstić information content (AvgIpc) is 3.48. The Morgan fingerprint density at radius 3 is 2.57 bits per heavy atom. The number of hydrogen-bond acceptors (Lipinski definition) is 5. The second-order valence-corrected chi connectivity index (χ2v) is 8.47. The number of aromatic nitrogens is 2. The van der Waals surface area contributed by atoms with E-state index < -0.39 is 0 Å². The van der Waals surface area contributed by atoms with Crippen molar-refractivity contribution in [2.45, 2.75) is 31.8 Å². The number of carboxylic acid groups (broad SMARTS) is 1. The molecule has 3 saturated heterocycles. The second kappa shape index (κ2) is 8.91. The molecule has 1 N–H and O–H groups in total. The topological polar surface area (TPSA) is 87.4 Å². The van der Waals surface area contributed by atoms with Crippen LogP contribution in [0.25, 0.3) is 5.65 Å². The second-order valence-electron chi connectivity index (χ2n) is 8.03. The lowest BCUT2D eigenvalue weighted by Crippen LogP contribution is -2.39. The number of rotatable bonds is 5. The van der Waals surface area contributed by atoms with Gasteiger partial charge in [0.1, 0.15) is 11.3 Å². The van der Waals surface area contributed by atoms with Crippen molar-refractivity contribution >= 4 is 29.6 Å². The van der Waals surface area contributed by atoms with Crippen molar-refractivity contribution in [3.05, 3.63) is 35.2 Å². The highest BCUT2D eigenvalue weighted by atomic mass is 35.5. The van der Waals surface area contributed by atoms with Crippen LogP contribution in [0.15, 0.2) is 24.5 Å². The van der Waals surface area contributed by atoms with E-state index in [0.29, 0.717) is 34.6 Å². The number of amides is 1. The van der Waals surface area contributed by atoms with Gasteiger partial charge < -0.3 is 19.1 Å². The van der Waals surface area contributed by atoms with E-state index in [9.17, 15) is 4.79 Å². The summed E-state index contributed by atoms with van der Waals surface area (Å²) in [6.45, 7) is 6.12. The number of likely N-dealkylation sites (tertiary alicyclic amines) is 1. The van der Waals surface area contributed by atoms with Gasteiger partial charge in [-0.3, -0.25) is 14.5 Å². The maximum absolute atomic E-state index is 13.0. The Balaban J connectivity index is 0.000000687. The van der Waals surface area contributed by atoms with Crippen molar-refractivity contribution in [1.29, 1.82) is 0 Å². The van der Waals surface area contributed by atoms with Gasteiger partial charge in [-0.25, -0.2) is 4.98 Å². The van der Waals surface area contributed by atoms with E-state index in [-0.39, 0.29) is 12.4 Å². The standard InChI is InChI=1S/C20H25ClN4O2.CH2O2/c1-2-27-8-7-25-17-4-5-18(25)15-11-24(10-14(15)17)20(26)16-12-23-9-13(21)3-6-19(23)22-16;2-1-3/h3,6,9,12,14-15,17-18H,2,4-5,7-8,10-11H2,1H3;1H,(H,2,3)/t14-,15+,17-,18+;. The molecule has 2 aromatic heterocycles.